The molecular weight excluding hydrogens is 382 g/mol. The molecule has 0 saturated heterocycles. The molecule has 28 heavy (non-hydrogen) atoms. The Hall–Kier alpha value is -1.66. The average molecular weight is 406 g/mol. The zero-order valence-corrected chi connectivity index (χ0v) is 15.6. The Kier molecular flexibility index (Phi) is 6.30. The second-order valence-corrected chi connectivity index (χ2v) is 7.63. The Bertz CT molecular complexity index is 679. The molecule has 0 aromatic carbocycles. The van der Waals surface area contributed by atoms with Crippen LogP contribution in [0, 0.1) is 17.8 Å². The van der Waals surface area contributed by atoms with Crippen molar-refractivity contribution in [3.63, 3.8) is 0 Å². The van der Waals surface area contributed by atoms with Gasteiger partial charge in [0.15, 0.2) is 6.17 Å². The maximum atomic E-state index is 13.8. The molecule has 156 valence electrons. The van der Waals surface area contributed by atoms with Crippen LogP contribution in [-0.4, -0.2) is 24.9 Å². The molecule has 3 unspecified atom stereocenters. The van der Waals surface area contributed by atoms with Crippen LogP contribution in [0.15, 0.2) is 47.3 Å². The summed E-state index contributed by atoms with van der Waals surface area (Å²) in [6.07, 6.45) is -0.392. The molecule has 0 N–H and O–H groups in total. The molecule has 1 fully saturated rings. The van der Waals surface area contributed by atoms with Crippen molar-refractivity contribution in [2.45, 2.75) is 63.9 Å². The molecule has 0 bridgehead atoms. The highest BCUT2D eigenvalue weighted by Crippen LogP contribution is 2.45. The van der Waals surface area contributed by atoms with Crippen molar-refractivity contribution in [3.8, 4) is 0 Å². The van der Waals surface area contributed by atoms with E-state index >= 15 is 0 Å². The van der Waals surface area contributed by atoms with Crippen LogP contribution in [0.3, 0.4) is 0 Å². The van der Waals surface area contributed by atoms with Gasteiger partial charge in [0.2, 0.25) is 0 Å². The van der Waals surface area contributed by atoms with Gasteiger partial charge in [0.05, 0.1) is 11.7 Å². The minimum absolute atomic E-state index is 0.184. The van der Waals surface area contributed by atoms with E-state index in [1.54, 1.807) is 18.2 Å². The third-order valence-corrected chi connectivity index (χ3v) is 5.82. The summed E-state index contributed by atoms with van der Waals surface area (Å²) in [5, 5.41) is 0. The minimum Gasteiger partial charge on any atom is -0.490 e. The largest absolute Gasteiger partial charge is 0.490 e. The van der Waals surface area contributed by atoms with Crippen molar-refractivity contribution in [3.05, 3.63) is 47.3 Å². The SMILES string of the molecule is CCC1=CC2C=CC(OC3CCC(C(F)C(F)F)CC3)=C(C(F)(F)F)C2C=C1. The molecule has 0 amide bonds. The summed E-state index contributed by atoms with van der Waals surface area (Å²) in [5.41, 5.74) is 0.288. The predicted octanol–water partition coefficient (Wildman–Crippen LogP) is 6.69. The number of halogens is 6. The highest BCUT2D eigenvalue weighted by atomic mass is 19.4. The fourth-order valence-corrected chi connectivity index (χ4v) is 4.26. The lowest BCUT2D eigenvalue weighted by Gasteiger charge is -2.35. The van der Waals surface area contributed by atoms with Gasteiger partial charge < -0.3 is 4.74 Å². The second-order valence-electron chi connectivity index (χ2n) is 7.63. The Labute approximate surface area is 160 Å². The van der Waals surface area contributed by atoms with Crippen LogP contribution in [0.4, 0.5) is 26.3 Å². The molecular formula is C21H24F6O. The van der Waals surface area contributed by atoms with Gasteiger partial charge in [-0.3, -0.25) is 0 Å². The Balaban J connectivity index is 1.74. The number of alkyl halides is 6. The van der Waals surface area contributed by atoms with Crippen LogP contribution in [0.2, 0.25) is 0 Å². The van der Waals surface area contributed by atoms with Crippen LogP contribution in [0.1, 0.15) is 39.0 Å². The first-order valence-corrected chi connectivity index (χ1v) is 9.68. The van der Waals surface area contributed by atoms with Crippen LogP contribution in [0.5, 0.6) is 0 Å². The van der Waals surface area contributed by atoms with E-state index in [2.05, 4.69) is 0 Å². The van der Waals surface area contributed by atoms with Gasteiger partial charge in [0, 0.05) is 11.8 Å². The van der Waals surface area contributed by atoms with Crippen molar-refractivity contribution in [1.82, 2.24) is 0 Å². The Morgan fingerprint density at radius 2 is 1.71 bits per heavy atom. The lowest BCUT2D eigenvalue weighted by molar-refractivity contribution is -0.104. The van der Waals surface area contributed by atoms with Crippen LogP contribution >= 0.6 is 0 Å². The van der Waals surface area contributed by atoms with E-state index in [1.165, 1.54) is 6.08 Å². The number of hydrogen-bond donors (Lipinski definition) is 0. The van der Waals surface area contributed by atoms with Gasteiger partial charge in [-0.15, -0.1) is 0 Å². The van der Waals surface area contributed by atoms with E-state index in [0.717, 1.165) is 12.0 Å². The molecule has 0 aromatic heterocycles. The third kappa shape index (κ3) is 4.49. The molecule has 3 atom stereocenters. The standard InChI is InChI=1S/C21H24F6O/c1-2-12-3-9-16-14(11-12)6-10-17(18(16)21(25,26)27)28-15-7-4-13(5-8-15)19(22)20(23)24/h3,6,9-11,13-16,19-20H,2,4-5,7-8H2,1H3. The summed E-state index contributed by atoms with van der Waals surface area (Å²) in [7, 11) is 0. The van der Waals surface area contributed by atoms with E-state index in [9.17, 15) is 26.3 Å². The molecule has 1 nitrogen and oxygen atoms in total. The molecule has 3 aliphatic carbocycles. The minimum atomic E-state index is -4.54. The molecule has 3 aliphatic rings. The van der Waals surface area contributed by atoms with Crippen molar-refractivity contribution < 1.29 is 31.1 Å². The van der Waals surface area contributed by atoms with Gasteiger partial charge in [0.25, 0.3) is 6.43 Å². The molecule has 0 heterocycles. The van der Waals surface area contributed by atoms with Gasteiger partial charge >= 0.3 is 6.18 Å². The first-order chi connectivity index (χ1) is 13.2. The summed E-state index contributed by atoms with van der Waals surface area (Å²) in [5.74, 6) is -2.17. The lowest BCUT2D eigenvalue weighted by Crippen LogP contribution is -2.33. The van der Waals surface area contributed by atoms with Gasteiger partial charge in [-0.05, 0) is 44.1 Å². The van der Waals surface area contributed by atoms with Crippen LogP contribution in [0.25, 0.3) is 0 Å². The fourth-order valence-electron chi connectivity index (χ4n) is 4.26. The summed E-state index contributed by atoms with van der Waals surface area (Å²) >= 11 is 0. The molecule has 0 aromatic rings. The number of allylic oxidation sites excluding steroid dienone is 7. The highest BCUT2D eigenvalue weighted by Gasteiger charge is 2.45. The van der Waals surface area contributed by atoms with Gasteiger partial charge in [-0.1, -0.05) is 36.8 Å². The van der Waals surface area contributed by atoms with Crippen molar-refractivity contribution in [2.24, 2.45) is 17.8 Å². The number of ether oxygens (including phenoxy) is 1. The van der Waals surface area contributed by atoms with E-state index in [0.29, 0.717) is 0 Å². The number of rotatable bonds is 5. The molecule has 1 saturated carbocycles. The predicted molar refractivity (Wildman–Crippen MR) is 94.4 cm³/mol. The van der Waals surface area contributed by atoms with E-state index in [4.69, 9.17) is 4.74 Å². The average Bonchev–Trinajstić information content (AvgIpc) is 2.66. The monoisotopic (exact) mass is 406 g/mol. The zero-order valence-electron chi connectivity index (χ0n) is 15.6. The smallest absolute Gasteiger partial charge is 0.416 e. The molecule has 7 heteroatoms. The summed E-state index contributed by atoms with van der Waals surface area (Å²) in [4.78, 5) is 0. The highest BCUT2D eigenvalue weighted by molar-refractivity contribution is 5.41. The van der Waals surface area contributed by atoms with Gasteiger partial charge in [0.1, 0.15) is 5.76 Å². The molecule has 3 rings (SSSR count). The summed E-state index contributed by atoms with van der Waals surface area (Å²) < 4.78 is 85.6. The topological polar surface area (TPSA) is 9.23 Å². The first-order valence-electron chi connectivity index (χ1n) is 9.68. The summed E-state index contributed by atoms with van der Waals surface area (Å²) in [6.45, 7) is 1.95. The molecule has 0 radical (unpaired) electrons. The van der Waals surface area contributed by atoms with Crippen molar-refractivity contribution in [2.75, 3.05) is 0 Å². The molecule has 0 aliphatic heterocycles. The first kappa shape index (κ1) is 21.1. The van der Waals surface area contributed by atoms with Crippen molar-refractivity contribution >= 4 is 0 Å². The maximum Gasteiger partial charge on any atom is 0.416 e. The van der Waals surface area contributed by atoms with Crippen molar-refractivity contribution in [1.29, 1.82) is 0 Å². The second kappa shape index (κ2) is 8.37. The van der Waals surface area contributed by atoms with Crippen LogP contribution in [-0.2, 0) is 4.74 Å². The van der Waals surface area contributed by atoms with Gasteiger partial charge in [-0.2, -0.15) is 13.2 Å². The summed E-state index contributed by atoms with van der Waals surface area (Å²) in [6, 6.07) is 0. The van der Waals surface area contributed by atoms with E-state index < -0.39 is 42.3 Å². The van der Waals surface area contributed by atoms with E-state index in [-0.39, 0.29) is 37.4 Å². The quantitative estimate of drug-likeness (QED) is 0.462. The molecule has 0 spiro atoms. The normalized spacial score (nSPS) is 31.6. The Morgan fingerprint density at radius 3 is 2.29 bits per heavy atom. The van der Waals surface area contributed by atoms with Gasteiger partial charge in [-0.25, -0.2) is 13.2 Å². The lowest BCUT2D eigenvalue weighted by atomic mass is 9.76. The van der Waals surface area contributed by atoms with Crippen LogP contribution < -0.4 is 0 Å². The maximum absolute atomic E-state index is 13.8. The third-order valence-electron chi connectivity index (χ3n) is 5.82. The number of hydrogen-bond acceptors (Lipinski definition) is 1. The number of fused-ring (bicyclic) bond motifs is 1. The zero-order chi connectivity index (χ0) is 20.5. The van der Waals surface area contributed by atoms with E-state index in [1.807, 2.05) is 13.0 Å². The Morgan fingerprint density at radius 1 is 1.04 bits per heavy atom. The fraction of sp³-hybridized carbons (Fsp3) is 0.619.